The molecule has 1 aromatic carbocycles. The Morgan fingerprint density at radius 3 is 2.58 bits per heavy atom. The quantitative estimate of drug-likeness (QED) is 0.602. The molecule has 0 spiro atoms. The lowest BCUT2D eigenvalue weighted by molar-refractivity contribution is -0.121. The Kier molecular flexibility index (Phi) is 8.12. The summed E-state index contributed by atoms with van der Waals surface area (Å²) in [4.78, 5) is 25.1. The molecule has 2 aromatic rings. The van der Waals surface area contributed by atoms with Gasteiger partial charge in [-0.2, -0.15) is 0 Å². The van der Waals surface area contributed by atoms with E-state index in [1.165, 1.54) is 36.6 Å². The molecule has 8 heteroatoms. The Labute approximate surface area is 188 Å². The summed E-state index contributed by atoms with van der Waals surface area (Å²) >= 11 is 1.39. The Morgan fingerprint density at radius 2 is 1.90 bits per heavy atom. The summed E-state index contributed by atoms with van der Waals surface area (Å²) in [6.07, 6.45) is 5.89. The molecule has 1 aliphatic carbocycles. The van der Waals surface area contributed by atoms with E-state index >= 15 is 0 Å². The molecule has 1 saturated carbocycles. The Balaban J connectivity index is 1.59. The van der Waals surface area contributed by atoms with E-state index in [1.807, 2.05) is 50.5 Å². The van der Waals surface area contributed by atoms with E-state index in [0.717, 1.165) is 24.1 Å². The molecule has 3 rings (SSSR count). The second-order valence-corrected chi connectivity index (χ2v) is 9.58. The van der Waals surface area contributed by atoms with Crippen molar-refractivity contribution in [2.75, 3.05) is 5.32 Å². The van der Waals surface area contributed by atoms with Crippen LogP contribution in [-0.4, -0.2) is 37.9 Å². The van der Waals surface area contributed by atoms with Gasteiger partial charge >= 0.3 is 0 Å². The zero-order valence-electron chi connectivity index (χ0n) is 18.9. The van der Waals surface area contributed by atoms with Crippen LogP contribution in [0.1, 0.15) is 62.9 Å². The third kappa shape index (κ3) is 6.32. The van der Waals surface area contributed by atoms with Crippen molar-refractivity contribution in [1.82, 2.24) is 20.1 Å². The Bertz CT molecular complexity index is 921. The molecule has 31 heavy (non-hydrogen) atoms. The van der Waals surface area contributed by atoms with Crippen molar-refractivity contribution in [2.24, 2.45) is 0 Å². The second-order valence-electron chi connectivity index (χ2n) is 8.27. The van der Waals surface area contributed by atoms with Crippen LogP contribution in [0.2, 0.25) is 0 Å². The molecule has 1 aliphatic rings. The first kappa shape index (κ1) is 23.3. The average Bonchev–Trinajstić information content (AvgIpc) is 3.12. The summed E-state index contributed by atoms with van der Waals surface area (Å²) in [5.74, 6) is 0.507. The lowest BCUT2D eigenvalue weighted by Crippen LogP contribution is -2.40. The molecule has 2 amide bonds. The number of thioether (sulfide) groups is 1. The number of anilines is 1. The zero-order chi connectivity index (χ0) is 22.4. The minimum atomic E-state index is -0.270. The van der Waals surface area contributed by atoms with Crippen LogP contribution in [0.5, 0.6) is 0 Å². The number of amides is 2. The number of carbonyl (C=O) groups excluding carboxylic acids is 2. The van der Waals surface area contributed by atoms with Crippen molar-refractivity contribution < 1.29 is 9.59 Å². The summed E-state index contributed by atoms with van der Waals surface area (Å²) < 4.78 is 1.91. The van der Waals surface area contributed by atoms with Gasteiger partial charge in [0.1, 0.15) is 5.82 Å². The van der Waals surface area contributed by atoms with E-state index in [0.29, 0.717) is 17.5 Å². The number of nitrogens with zero attached hydrogens (tertiary/aromatic N) is 3. The van der Waals surface area contributed by atoms with Crippen molar-refractivity contribution in [2.45, 2.75) is 89.2 Å². The number of aryl methyl sites for hydroxylation is 2. The van der Waals surface area contributed by atoms with E-state index in [2.05, 4.69) is 20.8 Å². The third-order valence-electron chi connectivity index (χ3n) is 5.82. The predicted octanol–water partition coefficient (Wildman–Crippen LogP) is 4.03. The fourth-order valence-corrected chi connectivity index (χ4v) is 4.74. The molecule has 1 aromatic heterocycles. The van der Waals surface area contributed by atoms with Gasteiger partial charge in [-0.15, -0.1) is 10.2 Å². The highest BCUT2D eigenvalue weighted by atomic mass is 32.2. The third-order valence-corrected chi connectivity index (χ3v) is 6.90. The molecule has 2 N–H and O–H groups in total. The van der Waals surface area contributed by atoms with E-state index < -0.39 is 0 Å². The number of hydrogen-bond acceptors (Lipinski definition) is 5. The number of nitrogens with one attached hydrogen (secondary N) is 2. The smallest absolute Gasteiger partial charge is 0.233 e. The van der Waals surface area contributed by atoms with Crippen molar-refractivity contribution in [3.05, 3.63) is 35.2 Å². The summed E-state index contributed by atoms with van der Waals surface area (Å²) in [5, 5.41) is 15.0. The monoisotopic (exact) mass is 443 g/mol. The van der Waals surface area contributed by atoms with E-state index in [4.69, 9.17) is 0 Å². The fourth-order valence-electron chi connectivity index (χ4n) is 3.80. The molecular formula is C23H33N5O2S. The number of benzene rings is 1. The maximum atomic E-state index is 12.6. The highest BCUT2D eigenvalue weighted by Gasteiger charge is 2.23. The van der Waals surface area contributed by atoms with E-state index in [1.54, 1.807) is 0 Å². The fraction of sp³-hybridized carbons (Fsp3) is 0.565. The first-order chi connectivity index (χ1) is 14.9. The molecule has 0 radical (unpaired) electrons. The summed E-state index contributed by atoms with van der Waals surface area (Å²) in [6, 6.07) is 6.15. The zero-order valence-corrected chi connectivity index (χ0v) is 19.7. The van der Waals surface area contributed by atoms with Gasteiger partial charge in [0.25, 0.3) is 0 Å². The second kappa shape index (κ2) is 10.8. The van der Waals surface area contributed by atoms with Gasteiger partial charge in [-0.3, -0.25) is 9.59 Å². The topological polar surface area (TPSA) is 88.9 Å². The molecule has 1 atom stereocenters. The van der Waals surface area contributed by atoms with E-state index in [-0.39, 0.29) is 29.5 Å². The lowest BCUT2D eigenvalue weighted by atomic mass is 9.95. The van der Waals surface area contributed by atoms with Crippen LogP contribution in [0.4, 0.5) is 5.69 Å². The van der Waals surface area contributed by atoms with Crippen LogP contribution in [0, 0.1) is 13.8 Å². The molecule has 7 nitrogen and oxygen atoms in total. The summed E-state index contributed by atoms with van der Waals surface area (Å²) in [7, 11) is 0. The van der Waals surface area contributed by atoms with Crippen LogP contribution in [0.25, 0.3) is 0 Å². The van der Waals surface area contributed by atoms with Gasteiger partial charge in [0.15, 0.2) is 5.16 Å². The summed E-state index contributed by atoms with van der Waals surface area (Å²) in [6.45, 7) is 8.58. The predicted molar refractivity (Wildman–Crippen MR) is 124 cm³/mol. The minimum Gasteiger partial charge on any atom is -0.352 e. The highest BCUT2D eigenvalue weighted by Crippen LogP contribution is 2.24. The molecule has 1 heterocycles. The van der Waals surface area contributed by atoms with Crippen molar-refractivity contribution in [1.29, 1.82) is 0 Å². The molecule has 0 saturated heterocycles. The highest BCUT2D eigenvalue weighted by molar-refractivity contribution is 8.00. The van der Waals surface area contributed by atoms with Gasteiger partial charge in [-0.1, -0.05) is 37.1 Å². The SMILES string of the molecule is CCn1c(CC(=O)Nc2ccc(C)c(C)c2)nnc1SC(C)C(=O)NC1CCCCC1. The van der Waals surface area contributed by atoms with Gasteiger partial charge < -0.3 is 15.2 Å². The van der Waals surface area contributed by atoms with Crippen molar-refractivity contribution in [3.63, 3.8) is 0 Å². The number of carbonyl (C=O) groups is 2. The lowest BCUT2D eigenvalue weighted by Gasteiger charge is -2.24. The van der Waals surface area contributed by atoms with Crippen LogP contribution >= 0.6 is 11.8 Å². The normalized spacial score (nSPS) is 15.5. The average molecular weight is 444 g/mol. The molecular weight excluding hydrogens is 410 g/mol. The number of hydrogen-bond donors (Lipinski definition) is 2. The molecule has 0 aliphatic heterocycles. The van der Waals surface area contributed by atoms with Crippen molar-refractivity contribution >= 4 is 29.3 Å². The Morgan fingerprint density at radius 1 is 1.16 bits per heavy atom. The van der Waals surface area contributed by atoms with Crippen LogP contribution in [0.15, 0.2) is 23.4 Å². The standard InChI is InChI=1S/C23H33N5O2S/c1-5-28-20(14-21(29)24-19-12-11-15(2)16(3)13-19)26-27-23(28)31-17(4)22(30)25-18-9-7-6-8-10-18/h11-13,17-18H,5-10,14H2,1-4H3,(H,24,29)(H,25,30). The molecule has 0 bridgehead atoms. The number of rotatable bonds is 8. The molecule has 1 unspecified atom stereocenters. The maximum absolute atomic E-state index is 12.6. The van der Waals surface area contributed by atoms with Crippen molar-refractivity contribution in [3.8, 4) is 0 Å². The van der Waals surface area contributed by atoms with Gasteiger partial charge in [0, 0.05) is 18.3 Å². The largest absolute Gasteiger partial charge is 0.352 e. The van der Waals surface area contributed by atoms with Gasteiger partial charge in [0.2, 0.25) is 11.8 Å². The van der Waals surface area contributed by atoms with Gasteiger partial charge in [-0.25, -0.2) is 0 Å². The first-order valence-corrected chi connectivity index (χ1v) is 12.0. The van der Waals surface area contributed by atoms with Gasteiger partial charge in [0.05, 0.1) is 11.7 Å². The molecule has 1 fully saturated rings. The Hall–Kier alpha value is -2.35. The van der Waals surface area contributed by atoms with Gasteiger partial charge in [-0.05, 0) is 63.8 Å². The minimum absolute atomic E-state index is 0.0385. The first-order valence-electron chi connectivity index (χ1n) is 11.1. The van der Waals surface area contributed by atoms with Crippen LogP contribution in [0.3, 0.4) is 0 Å². The summed E-state index contributed by atoms with van der Waals surface area (Å²) in [5.41, 5.74) is 3.10. The number of aromatic nitrogens is 3. The van der Waals surface area contributed by atoms with E-state index in [9.17, 15) is 9.59 Å². The maximum Gasteiger partial charge on any atom is 0.233 e. The van der Waals surface area contributed by atoms with Crippen LogP contribution in [-0.2, 0) is 22.6 Å². The van der Waals surface area contributed by atoms with Crippen LogP contribution < -0.4 is 10.6 Å². The molecule has 168 valence electrons.